The molecule has 0 aliphatic heterocycles. The van der Waals surface area contributed by atoms with Crippen molar-refractivity contribution in [3.8, 4) is 0 Å². The third kappa shape index (κ3) is 3.23. The van der Waals surface area contributed by atoms with Crippen LogP contribution in [0.3, 0.4) is 0 Å². The van der Waals surface area contributed by atoms with Crippen LogP contribution in [0.15, 0.2) is 48.5 Å². The molecule has 0 amide bonds. The molecule has 2 aromatic carbocycles. The minimum absolute atomic E-state index is 1.12. The largest absolute Gasteiger partial charge is 0.0620 e. The Labute approximate surface area is 97.9 Å². The van der Waals surface area contributed by atoms with Crippen LogP contribution in [-0.2, 0) is 12.8 Å². The van der Waals surface area contributed by atoms with Gasteiger partial charge >= 0.3 is 0 Å². The third-order valence-corrected chi connectivity index (χ3v) is 2.81. The van der Waals surface area contributed by atoms with Gasteiger partial charge in [-0.3, -0.25) is 0 Å². The van der Waals surface area contributed by atoms with Crippen LogP contribution in [0.4, 0.5) is 0 Å². The average molecular weight is 209 g/mol. The van der Waals surface area contributed by atoms with Crippen molar-refractivity contribution in [1.82, 2.24) is 0 Å². The molecular formula is C16H17. The summed E-state index contributed by atoms with van der Waals surface area (Å²) in [7, 11) is 0. The Hall–Kier alpha value is -1.56. The fraction of sp³-hybridized carbons (Fsp3) is 0.250. The first-order valence-electron chi connectivity index (χ1n) is 5.86. The van der Waals surface area contributed by atoms with Gasteiger partial charge in [-0.2, -0.15) is 0 Å². The van der Waals surface area contributed by atoms with E-state index in [0.717, 1.165) is 12.8 Å². The van der Waals surface area contributed by atoms with Crippen LogP contribution in [0.25, 0.3) is 0 Å². The maximum Gasteiger partial charge on any atom is -0.0149 e. The van der Waals surface area contributed by atoms with Gasteiger partial charge in [0.25, 0.3) is 0 Å². The summed E-state index contributed by atoms with van der Waals surface area (Å²) in [6.45, 7) is 2.13. The minimum atomic E-state index is 1.12. The second-order valence-corrected chi connectivity index (χ2v) is 4.23. The highest BCUT2D eigenvalue weighted by Gasteiger charge is 1.95. The van der Waals surface area contributed by atoms with Crippen LogP contribution in [0.5, 0.6) is 0 Å². The maximum absolute atomic E-state index is 3.26. The molecule has 0 aliphatic rings. The molecule has 2 rings (SSSR count). The first-order chi connectivity index (χ1) is 7.84. The number of benzene rings is 2. The van der Waals surface area contributed by atoms with E-state index in [4.69, 9.17) is 0 Å². The van der Waals surface area contributed by atoms with Crippen LogP contribution in [-0.4, -0.2) is 0 Å². The first kappa shape index (κ1) is 10.9. The second-order valence-electron chi connectivity index (χ2n) is 4.23. The molecule has 0 heteroatoms. The van der Waals surface area contributed by atoms with Gasteiger partial charge in [-0.15, -0.1) is 0 Å². The van der Waals surface area contributed by atoms with Crippen LogP contribution in [0.2, 0.25) is 0 Å². The molecule has 0 spiro atoms. The Kier molecular flexibility index (Phi) is 3.76. The zero-order chi connectivity index (χ0) is 11.2. The summed E-state index contributed by atoms with van der Waals surface area (Å²) in [5, 5.41) is 0. The molecular weight excluding hydrogens is 192 g/mol. The van der Waals surface area contributed by atoms with Gasteiger partial charge in [0.2, 0.25) is 0 Å². The molecule has 0 fully saturated rings. The van der Waals surface area contributed by atoms with E-state index in [1.165, 1.54) is 23.1 Å². The quantitative estimate of drug-likeness (QED) is 0.714. The van der Waals surface area contributed by atoms with Crippen LogP contribution >= 0.6 is 0 Å². The van der Waals surface area contributed by atoms with Crippen molar-refractivity contribution in [3.63, 3.8) is 0 Å². The molecule has 0 atom stereocenters. The Morgan fingerprint density at radius 2 is 1.75 bits per heavy atom. The predicted molar refractivity (Wildman–Crippen MR) is 68.5 cm³/mol. The zero-order valence-corrected chi connectivity index (χ0v) is 9.74. The Morgan fingerprint density at radius 3 is 2.44 bits per heavy atom. The highest BCUT2D eigenvalue weighted by molar-refractivity contribution is 5.21. The molecule has 0 saturated heterocycles. The van der Waals surface area contributed by atoms with Gasteiger partial charge in [-0.1, -0.05) is 54.1 Å². The molecule has 81 valence electrons. The molecule has 2 aromatic rings. The lowest BCUT2D eigenvalue weighted by molar-refractivity contribution is 0.819. The molecule has 1 radical (unpaired) electrons. The smallest absolute Gasteiger partial charge is 0.0149 e. The fourth-order valence-electron chi connectivity index (χ4n) is 1.82. The average Bonchev–Trinajstić information content (AvgIpc) is 2.33. The highest BCUT2D eigenvalue weighted by Crippen LogP contribution is 2.08. The standard InChI is InChI=1S/C16H17/c1-14-10-12-16(13-11-14)9-5-8-15-6-3-2-4-7-15/h2-4,6,10-13H,5,8-9H2,1H3. The lowest BCUT2D eigenvalue weighted by Gasteiger charge is -2.02. The second kappa shape index (κ2) is 5.50. The molecule has 0 aromatic heterocycles. The Balaban J connectivity index is 1.82. The van der Waals surface area contributed by atoms with Crippen LogP contribution in [0, 0.1) is 13.0 Å². The summed E-state index contributed by atoms with van der Waals surface area (Å²) in [6, 6.07) is 20.3. The monoisotopic (exact) mass is 209 g/mol. The predicted octanol–water partition coefficient (Wildman–Crippen LogP) is 3.97. The third-order valence-electron chi connectivity index (χ3n) is 2.81. The molecule has 0 N–H and O–H groups in total. The van der Waals surface area contributed by atoms with Gasteiger partial charge < -0.3 is 0 Å². The zero-order valence-electron chi connectivity index (χ0n) is 9.74. The van der Waals surface area contributed by atoms with Crippen molar-refractivity contribution in [2.75, 3.05) is 0 Å². The molecule has 0 unspecified atom stereocenters. The Bertz CT molecular complexity index is 412. The lowest BCUT2D eigenvalue weighted by atomic mass is 10.0. The van der Waals surface area contributed by atoms with Crippen LogP contribution in [0.1, 0.15) is 23.1 Å². The number of hydrogen-bond donors (Lipinski definition) is 0. The Morgan fingerprint density at radius 1 is 0.938 bits per heavy atom. The van der Waals surface area contributed by atoms with Crippen molar-refractivity contribution in [1.29, 1.82) is 0 Å². The molecule has 0 bridgehead atoms. The highest BCUT2D eigenvalue weighted by atomic mass is 14.0. The van der Waals surface area contributed by atoms with Crippen molar-refractivity contribution in [3.05, 3.63) is 71.3 Å². The summed E-state index contributed by atoms with van der Waals surface area (Å²) in [6.07, 6.45) is 3.47. The first-order valence-corrected chi connectivity index (χ1v) is 5.86. The van der Waals surface area contributed by atoms with Gasteiger partial charge in [0.05, 0.1) is 0 Å². The summed E-state index contributed by atoms with van der Waals surface area (Å²) < 4.78 is 0. The van der Waals surface area contributed by atoms with E-state index in [2.05, 4.69) is 49.4 Å². The normalized spacial score (nSPS) is 10.3. The van der Waals surface area contributed by atoms with E-state index in [0.29, 0.717) is 0 Å². The van der Waals surface area contributed by atoms with Gasteiger partial charge in [-0.05, 0) is 43.4 Å². The molecule has 0 heterocycles. The van der Waals surface area contributed by atoms with Crippen molar-refractivity contribution < 1.29 is 0 Å². The van der Waals surface area contributed by atoms with Crippen molar-refractivity contribution in [2.24, 2.45) is 0 Å². The van der Waals surface area contributed by atoms with Gasteiger partial charge in [0.15, 0.2) is 0 Å². The van der Waals surface area contributed by atoms with Gasteiger partial charge in [-0.25, -0.2) is 0 Å². The summed E-state index contributed by atoms with van der Waals surface area (Å²) >= 11 is 0. The molecule has 0 saturated carbocycles. The van der Waals surface area contributed by atoms with E-state index in [-0.39, 0.29) is 0 Å². The van der Waals surface area contributed by atoms with E-state index >= 15 is 0 Å². The number of rotatable bonds is 4. The molecule has 0 nitrogen and oxygen atoms in total. The van der Waals surface area contributed by atoms with Crippen LogP contribution < -0.4 is 0 Å². The molecule has 0 aliphatic carbocycles. The summed E-state index contributed by atoms with van der Waals surface area (Å²) in [5.41, 5.74) is 4.08. The van der Waals surface area contributed by atoms with E-state index in [1.807, 2.05) is 12.1 Å². The van der Waals surface area contributed by atoms with Gasteiger partial charge in [0, 0.05) is 0 Å². The SMILES string of the molecule is Cc1ccc(CCCc2[c]cccc2)cc1. The number of aryl methyl sites for hydroxylation is 3. The minimum Gasteiger partial charge on any atom is -0.0620 e. The summed E-state index contributed by atoms with van der Waals surface area (Å²) in [5.74, 6) is 0. The van der Waals surface area contributed by atoms with Gasteiger partial charge in [0.1, 0.15) is 0 Å². The summed E-state index contributed by atoms with van der Waals surface area (Å²) in [4.78, 5) is 0. The van der Waals surface area contributed by atoms with E-state index in [9.17, 15) is 0 Å². The lowest BCUT2D eigenvalue weighted by Crippen LogP contribution is -1.90. The maximum atomic E-state index is 3.26. The van der Waals surface area contributed by atoms with E-state index < -0.39 is 0 Å². The number of hydrogen-bond acceptors (Lipinski definition) is 0. The van der Waals surface area contributed by atoms with Crippen molar-refractivity contribution >= 4 is 0 Å². The topological polar surface area (TPSA) is 0 Å². The fourth-order valence-corrected chi connectivity index (χ4v) is 1.82. The molecule has 16 heavy (non-hydrogen) atoms. The van der Waals surface area contributed by atoms with E-state index in [1.54, 1.807) is 0 Å². The van der Waals surface area contributed by atoms with Crippen molar-refractivity contribution in [2.45, 2.75) is 26.2 Å².